The molecule has 5 rings (SSSR count). The van der Waals surface area contributed by atoms with E-state index in [0.717, 1.165) is 29.9 Å². The van der Waals surface area contributed by atoms with Crippen molar-refractivity contribution in [2.24, 2.45) is 7.05 Å². The molecule has 1 aliphatic carbocycles. The second-order valence-corrected chi connectivity index (χ2v) is 9.58. The first-order valence-corrected chi connectivity index (χ1v) is 11.7. The van der Waals surface area contributed by atoms with Crippen LogP contribution in [0, 0.1) is 0 Å². The highest BCUT2D eigenvalue weighted by Crippen LogP contribution is 2.43. The third-order valence-corrected chi connectivity index (χ3v) is 7.76. The highest BCUT2D eigenvalue weighted by molar-refractivity contribution is 7.98. The summed E-state index contributed by atoms with van der Waals surface area (Å²) in [6.07, 6.45) is 4.62. The second kappa shape index (κ2) is 7.41. The van der Waals surface area contributed by atoms with Gasteiger partial charge in [-0.2, -0.15) is 5.10 Å². The first-order valence-electron chi connectivity index (χ1n) is 9.84. The Hall–Kier alpha value is -2.05. The molecule has 1 saturated carbocycles. The van der Waals surface area contributed by atoms with Gasteiger partial charge in [0.1, 0.15) is 0 Å². The van der Waals surface area contributed by atoms with E-state index in [1.165, 1.54) is 28.2 Å². The summed E-state index contributed by atoms with van der Waals surface area (Å²) in [6.45, 7) is 0.691. The quantitative estimate of drug-likeness (QED) is 0.584. The molecule has 3 aromatic rings. The summed E-state index contributed by atoms with van der Waals surface area (Å²) >= 11 is 3.53. The van der Waals surface area contributed by atoms with Crippen LogP contribution in [-0.4, -0.2) is 26.6 Å². The minimum absolute atomic E-state index is 0.0946. The Morgan fingerprint density at radius 3 is 2.82 bits per heavy atom. The number of carbonyl (C=O) groups is 1. The average molecular weight is 410 g/mol. The van der Waals surface area contributed by atoms with Crippen LogP contribution in [0.4, 0.5) is 0 Å². The van der Waals surface area contributed by atoms with Gasteiger partial charge in [0.25, 0.3) is 5.91 Å². The summed E-state index contributed by atoms with van der Waals surface area (Å²) < 4.78 is 1.90. The summed E-state index contributed by atoms with van der Waals surface area (Å²) in [4.78, 5) is 18.3. The Kier molecular flexibility index (Phi) is 4.77. The normalized spacial score (nSPS) is 16.0. The maximum Gasteiger partial charge on any atom is 0.275 e. The Morgan fingerprint density at radius 2 is 2.04 bits per heavy atom. The molecule has 1 aromatic carbocycles. The van der Waals surface area contributed by atoms with Crippen LogP contribution in [0.15, 0.2) is 46.7 Å². The Labute approximate surface area is 173 Å². The van der Waals surface area contributed by atoms with Gasteiger partial charge in [-0.15, -0.1) is 23.1 Å². The summed E-state index contributed by atoms with van der Waals surface area (Å²) in [5.74, 6) is 0.899. The van der Waals surface area contributed by atoms with Crippen molar-refractivity contribution in [2.75, 3.05) is 0 Å². The smallest absolute Gasteiger partial charge is 0.275 e. The number of thioether (sulfide) groups is 1. The van der Waals surface area contributed by atoms with Crippen LogP contribution in [0.5, 0.6) is 0 Å². The van der Waals surface area contributed by atoms with E-state index in [1.807, 2.05) is 11.7 Å². The molecule has 6 heteroatoms. The van der Waals surface area contributed by atoms with Crippen molar-refractivity contribution in [3.05, 3.63) is 57.9 Å². The fourth-order valence-corrected chi connectivity index (χ4v) is 6.21. The van der Waals surface area contributed by atoms with Gasteiger partial charge in [0.2, 0.25) is 0 Å². The lowest BCUT2D eigenvalue weighted by Gasteiger charge is -2.28. The molecule has 4 nitrogen and oxygen atoms in total. The van der Waals surface area contributed by atoms with Gasteiger partial charge in [0.05, 0.1) is 12.2 Å². The zero-order chi connectivity index (χ0) is 19.1. The van der Waals surface area contributed by atoms with Crippen LogP contribution in [-0.2, 0) is 19.3 Å². The molecule has 28 heavy (non-hydrogen) atoms. The van der Waals surface area contributed by atoms with Crippen molar-refractivity contribution in [1.82, 2.24) is 14.7 Å². The van der Waals surface area contributed by atoms with Crippen LogP contribution < -0.4 is 0 Å². The highest BCUT2D eigenvalue weighted by atomic mass is 32.2. The molecule has 0 atom stereocenters. The number of aromatic nitrogens is 2. The molecule has 2 aliphatic rings. The number of aryl methyl sites for hydroxylation is 1. The van der Waals surface area contributed by atoms with Gasteiger partial charge < -0.3 is 4.90 Å². The SMILES string of the molecule is Cn1nc(C(=O)N(Cc2cccs2)C2CCCC2)c2c1-c1ccccc1SC2. The van der Waals surface area contributed by atoms with Gasteiger partial charge in [-0.05, 0) is 30.4 Å². The number of amides is 1. The zero-order valence-electron chi connectivity index (χ0n) is 15.9. The lowest BCUT2D eigenvalue weighted by Crippen LogP contribution is -2.38. The third-order valence-electron chi connectivity index (χ3n) is 5.79. The molecule has 0 bridgehead atoms. The van der Waals surface area contributed by atoms with Crippen LogP contribution in [0.25, 0.3) is 11.3 Å². The number of rotatable bonds is 4. The van der Waals surface area contributed by atoms with Crippen molar-refractivity contribution in [2.45, 2.75) is 48.9 Å². The summed E-state index contributed by atoms with van der Waals surface area (Å²) in [5.41, 5.74) is 4.02. The van der Waals surface area contributed by atoms with Gasteiger partial charge in [0, 0.05) is 39.7 Å². The molecular weight excluding hydrogens is 386 g/mol. The highest BCUT2D eigenvalue weighted by Gasteiger charge is 2.33. The molecular formula is C22H23N3OS2. The Morgan fingerprint density at radius 1 is 1.21 bits per heavy atom. The lowest BCUT2D eigenvalue weighted by molar-refractivity contribution is 0.0659. The second-order valence-electron chi connectivity index (χ2n) is 7.53. The number of hydrogen-bond donors (Lipinski definition) is 0. The molecule has 0 radical (unpaired) electrons. The van der Waals surface area contributed by atoms with E-state index < -0.39 is 0 Å². The van der Waals surface area contributed by atoms with Crippen LogP contribution >= 0.6 is 23.1 Å². The maximum atomic E-state index is 13.7. The van der Waals surface area contributed by atoms with Crippen molar-refractivity contribution in [3.8, 4) is 11.3 Å². The lowest BCUT2D eigenvalue weighted by atomic mass is 10.0. The number of nitrogens with zero attached hydrogens (tertiary/aromatic N) is 3. The molecule has 144 valence electrons. The largest absolute Gasteiger partial charge is 0.329 e. The standard InChI is InChI=1S/C22H23N3OS2/c1-24-21-17-10-4-5-11-19(17)28-14-18(21)20(23-24)22(26)25(15-7-2-3-8-15)13-16-9-6-12-27-16/h4-6,9-12,15H,2-3,7-8,13-14H2,1H3. The number of benzene rings is 1. The van der Waals surface area contributed by atoms with Crippen LogP contribution in [0.3, 0.4) is 0 Å². The van der Waals surface area contributed by atoms with Gasteiger partial charge in [-0.3, -0.25) is 9.48 Å². The van der Waals surface area contributed by atoms with E-state index >= 15 is 0 Å². The van der Waals surface area contributed by atoms with Gasteiger partial charge in [-0.1, -0.05) is 37.1 Å². The van der Waals surface area contributed by atoms with Crippen LogP contribution in [0.2, 0.25) is 0 Å². The van der Waals surface area contributed by atoms with Crippen molar-refractivity contribution in [1.29, 1.82) is 0 Å². The van der Waals surface area contributed by atoms with E-state index in [-0.39, 0.29) is 5.91 Å². The molecule has 0 saturated heterocycles. The fourth-order valence-electron chi connectivity index (χ4n) is 4.44. The van der Waals surface area contributed by atoms with Crippen LogP contribution in [0.1, 0.15) is 46.6 Å². The molecule has 2 aromatic heterocycles. The molecule has 1 amide bonds. The number of fused-ring (bicyclic) bond motifs is 3. The van der Waals surface area contributed by atoms with E-state index in [9.17, 15) is 4.79 Å². The summed E-state index contributed by atoms with van der Waals surface area (Å²) in [7, 11) is 1.96. The summed E-state index contributed by atoms with van der Waals surface area (Å²) in [5, 5.41) is 6.81. The van der Waals surface area contributed by atoms with E-state index in [2.05, 4.69) is 46.7 Å². The number of hydrogen-bond acceptors (Lipinski definition) is 4. The van der Waals surface area contributed by atoms with Gasteiger partial charge >= 0.3 is 0 Å². The molecule has 0 N–H and O–H groups in total. The molecule has 3 heterocycles. The molecule has 0 spiro atoms. The molecule has 1 aliphatic heterocycles. The molecule has 1 fully saturated rings. The average Bonchev–Trinajstić information content (AvgIpc) is 3.47. The first-order chi connectivity index (χ1) is 13.7. The predicted molar refractivity (Wildman–Crippen MR) is 115 cm³/mol. The van der Waals surface area contributed by atoms with Gasteiger partial charge in [-0.25, -0.2) is 0 Å². The fraction of sp³-hybridized carbons (Fsp3) is 0.364. The topological polar surface area (TPSA) is 38.1 Å². The third kappa shape index (κ3) is 3.08. The van der Waals surface area contributed by atoms with E-state index in [1.54, 1.807) is 23.1 Å². The molecule has 0 unspecified atom stereocenters. The summed E-state index contributed by atoms with van der Waals surface area (Å²) in [6, 6.07) is 12.9. The van der Waals surface area contributed by atoms with E-state index in [4.69, 9.17) is 5.10 Å². The monoisotopic (exact) mass is 409 g/mol. The number of carbonyl (C=O) groups excluding carboxylic acids is 1. The van der Waals surface area contributed by atoms with E-state index in [0.29, 0.717) is 18.3 Å². The Balaban J connectivity index is 1.54. The minimum Gasteiger partial charge on any atom is -0.329 e. The Bertz CT molecular complexity index is 1000. The van der Waals surface area contributed by atoms with Crippen molar-refractivity contribution in [3.63, 3.8) is 0 Å². The maximum absolute atomic E-state index is 13.7. The van der Waals surface area contributed by atoms with Crippen molar-refractivity contribution < 1.29 is 4.79 Å². The minimum atomic E-state index is 0.0946. The predicted octanol–water partition coefficient (Wildman–Crippen LogP) is 5.34. The zero-order valence-corrected chi connectivity index (χ0v) is 17.6. The van der Waals surface area contributed by atoms with Crippen molar-refractivity contribution >= 4 is 29.0 Å². The van der Waals surface area contributed by atoms with Gasteiger partial charge in [0.15, 0.2) is 5.69 Å². The number of thiophene rings is 1. The first kappa shape index (κ1) is 18.0.